The number of benzene rings is 1. The Labute approximate surface area is 106 Å². The zero-order valence-corrected chi connectivity index (χ0v) is 10.5. The molecule has 1 amide bonds. The summed E-state index contributed by atoms with van der Waals surface area (Å²) in [4.78, 5) is 22.8. The van der Waals surface area contributed by atoms with Gasteiger partial charge in [-0.25, -0.2) is 4.79 Å². The monoisotopic (exact) mass is 251 g/mol. The number of carbonyl (C=O) groups is 2. The Bertz CT molecular complexity index is 391. The average molecular weight is 251 g/mol. The van der Waals surface area contributed by atoms with Crippen LogP contribution in [0.3, 0.4) is 0 Å². The maximum Gasteiger partial charge on any atom is 0.328 e. The van der Waals surface area contributed by atoms with Crippen molar-refractivity contribution in [3.05, 3.63) is 30.3 Å². The molecule has 0 saturated carbocycles. The molecule has 0 spiro atoms. The second kappa shape index (κ2) is 7.32. The van der Waals surface area contributed by atoms with E-state index in [9.17, 15) is 9.59 Å². The Hall–Kier alpha value is -2.04. The van der Waals surface area contributed by atoms with Gasteiger partial charge >= 0.3 is 5.97 Å². The first-order valence-electron chi connectivity index (χ1n) is 5.77. The van der Waals surface area contributed by atoms with Gasteiger partial charge in [0.2, 0.25) is 0 Å². The molecule has 5 nitrogen and oxygen atoms in total. The summed E-state index contributed by atoms with van der Waals surface area (Å²) in [5.41, 5.74) is 0. The number of carbonyl (C=O) groups excluding carboxylic acids is 2. The molecule has 0 aliphatic rings. The fraction of sp³-hybridized carbons (Fsp3) is 0.385. The Morgan fingerprint density at radius 2 is 1.94 bits per heavy atom. The molecule has 0 aliphatic heterocycles. The molecule has 0 bridgehead atoms. The number of nitrogens with one attached hydrogen (secondary N) is 1. The molecular weight excluding hydrogens is 234 g/mol. The van der Waals surface area contributed by atoms with Crippen molar-refractivity contribution in [2.75, 3.05) is 13.2 Å². The largest absolute Gasteiger partial charge is 0.484 e. The second-order valence-electron chi connectivity index (χ2n) is 3.64. The third-order valence-corrected chi connectivity index (χ3v) is 2.13. The summed E-state index contributed by atoms with van der Waals surface area (Å²) < 4.78 is 10.0. The summed E-state index contributed by atoms with van der Waals surface area (Å²) in [5, 5.41) is 2.50. The van der Waals surface area contributed by atoms with Gasteiger partial charge in [0.05, 0.1) is 6.61 Å². The van der Waals surface area contributed by atoms with Crippen molar-refractivity contribution in [2.45, 2.75) is 19.9 Å². The molecule has 1 rings (SSSR count). The highest BCUT2D eigenvalue weighted by Crippen LogP contribution is 2.07. The summed E-state index contributed by atoms with van der Waals surface area (Å²) in [6.07, 6.45) is 0. The molecule has 0 radical (unpaired) electrons. The van der Waals surface area contributed by atoms with Crippen molar-refractivity contribution in [2.24, 2.45) is 0 Å². The third-order valence-electron chi connectivity index (χ3n) is 2.13. The van der Waals surface area contributed by atoms with Crippen LogP contribution in [0.1, 0.15) is 13.8 Å². The van der Waals surface area contributed by atoms with Crippen molar-refractivity contribution in [1.82, 2.24) is 5.32 Å². The van der Waals surface area contributed by atoms with E-state index in [1.165, 1.54) is 0 Å². The van der Waals surface area contributed by atoms with Gasteiger partial charge in [-0.05, 0) is 26.0 Å². The van der Waals surface area contributed by atoms with E-state index in [0.717, 1.165) is 0 Å². The summed E-state index contributed by atoms with van der Waals surface area (Å²) >= 11 is 0. The number of hydrogen-bond acceptors (Lipinski definition) is 4. The van der Waals surface area contributed by atoms with Crippen LogP contribution in [0.25, 0.3) is 0 Å². The maximum absolute atomic E-state index is 11.5. The Kier molecular flexibility index (Phi) is 5.70. The SMILES string of the molecule is CCOC(=O)[C@@H](C)NC(=O)COc1ccccc1. The van der Waals surface area contributed by atoms with Crippen LogP contribution in [0.15, 0.2) is 30.3 Å². The smallest absolute Gasteiger partial charge is 0.328 e. The van der Waals surface area contributed by atoms with Gasteiger partial charge < -0.3 is 14.8 Å². The highest BCUT2D eigenvalue weighted by molar-refractivity contribution is 5.84. The van der Waals surface area contributed by atoms with E-state index in [4.69, 9.17) is 9.47 Å². The van der Waals surface area contributed by atoms with Gasteiger partial charge in [0.1, 0.15) is 11.8 Å². The second-order valence-corrected chi connectivity index (χ2v) is 3.64. The molecular formula is C13H17NO4. The fourth-order valence-electron chi connectivity index (χ4n) is 1.27. The van der Waals surface area contributed by atoms with Gasteiger partial charge in [-0.1, -0.05) is 18.2 Å². The van der Waals surface area contributed by atoms with Crippen LogP contribution in [-0.4, -0.2) is 31.1 Å². The Morgan fingerprint density at radius 3 is 2.56 bits per heavy atom. The van der Waals surface area contributed by atoms with Gasteiger partial charge in [0, 0.05) is 0 Å². The van der Waals surface area contributed by atoms with Crippen molar-refractivity contribution >= 4 is 11.9 Å². The van der Waals surface area contributed by atoms with Crippen LogP contribution in [0.4, 0.5) is 0 Å². The average Bonchev–Trinajstić information content (AvgIpc) is 2.38. The lowest BCUT2D eigenvalue weighted by atomic mass is 10.3. The van der Waals surface area contributed by atoms with E-state index < -0.39 is 12.0 Å². The van der Waals surface area contributed by atoms with Gasteiger partial charge in [0.15, 0.2) is 6.61 Å². The summed E-state index contributed by atoms with van der Waals surface area (Å²) in [7, 11) is 0. The molecule has 0 aromatic heterocycles. The standard InChI is InChI=1S/C13H17NO4/c1-3-17-13(16)10(2)14-12(15)9-18-11-7-5-4-6-8-11/h4-8,10H,3,9H2,1-2H3,(H,14,15)/t10-/m1/s1. The summed E-state index contributed by atoms with van der Waals surface area (Å²) in [6.45, 7) is 3.44. The molecule has 5 heteroatoms. The van der Waals surface area contributed by atoms with E-state index in [-0.39, 0.29) is 12.5 Å². The molecule has 0 unspecified atom stereocenters. The Morgan fingerprint density at radius 1 is 1.28 bits per heavy atom. The van der Waals surface area contributed by atoms with Crippen LogP contribution in [0.5, 0.6) is 5.75 Å². The molecule has 0 saturated heterocycles. The van der Waals surface area contributed by atoms with Crippen molar-refractivity contribution in [3.63, 3.8) is 0 Å². The van der Waals surface area contributed by atoms with Crippen LogP contribution in [0.2, 0.25) is 0 Å². The lowest BCUT2D eigenvalue weighted by Gasteiger charge is -2.12. The van der Waals surface area contributed by atoms with Crippen LogP contribution in [0, 0.1) is 0 Å². The molecule has 98 valence electrons. The minimum atomic E-state index is -0.670. The lowest BCUT2D eigenvalue weighted by molar-refractivity contribution is -0.147. The van der Waals surface area contributed by atoms with E-state index >= 15 is 0 Å². The summed E-state index contributed by atoms with van der Waals surface area (Å²) in [5.74, 6) is -0.207. The third kappa shape index (κ3) is 4.86. The fourth-order valence-corrected chi connectivity index (χ4v) is 1.27. The number of esters is 1. The van der Waals surface area contributed by atoms with Gasteiger partial charge in [-0.2, -0.15) is 0 Å². The van der Waals surface area contributed by atoms with Crippen LogP contribution < -0.4 is 10.1 Å². The number of hydrogen-bond donors (Lipinski definition) is 1. The molecule has 0 heterocycles. The first kappa shape index (κ1) is 14.0. The lowest BCUT2D eigenvalue weighted by Crippen LogP contribution is -2.41. The molecule has 1 aromatic carbocycles. The predicted octanol–water partition coefficient (Wildman–Crippen LogP) is 1.13. The van der Waals surface area contributed by atoms with Crippen molar-refractivity contribution in [1.29, 1.82) is 0 Å². The van der Waals surface area contributed by atoms with Gasteiger partial charge in [0.25, 0.3) is 5.91 Å². The van der Waals surface area contributed by atoms with Crippen LogP contribution >= 0.6 is 0 Å². The van der Waals surface area contributed by atoms with E-state index in [2.05, 4.69) is 5.32 Å². The van der Waals surface area contributed by atoms with E-state index in [0.29, 0.717) is 12.4 Å². The quantitative estimate of drug-likeness (QED) is 0.770. The first-order valence-corrected chi connectivity index (χ1v) is 5.77. The molecule has 1 N–H and O–H groups in total. The van der Waals surface area contributed by atoms with E-state index in [1.54, 1.807) is 26.0 Å². The number of para-hydroxylation sites is 1. The molecule has 18 heavy (non-hydrogen) atoms. The predicted molar refractivity (Wildman–Crippen MR) is 66.2 cm³/mol. The minimum Gasteiger partial charge on any atom is -0.484 e. The van der Waals surface area contributed by atoms with Crippen molar-refractivity contribution < 1.29 is 19.1 Å². The van der Waals surface area contributed by atoms with Gasteiger partial charge in [-0.3, -0.25) is 4.79 Å². The van der Waals surface area contributed by atoms with Gasteiger partial charge in [-0.15, -0.1) is 0 Å². The maximum atomic E-state index is 11.5. The normalized spacial score (nSPS) is 11.4. The highest BCUT2D eigenvalue weighted by atomic mass is 16.5. The van der Waals surface area contributed by atoms with Crippen molar-refractivity contribution in [3.8, 4) is 5.75 Å². The zero-order chi connectivity index (χ0) is 13.4. The topological polar surface area (TPSA) is 64.6 Å². The molecule has 1 aromatic rings. The zero-order valence-electron chi connectivity index (χ0n) is 10.5. The first-order chi connectivity index (χ1) is 8.63. The Balaban J connectivity index is 2.31. The highest BCUT2D eigenvalue weighted by Gasteiger charge is 2.16. The molecule has 1 atom stereocenters. The number of amides is 1. The molecule has 0 fully saturated rings. The van der Waals surface area contributed by atoms with E-state index in [1.807, 2.05) is 18.2 Å². The number of rotatable bonds is 6. The number of ether oxygens (including phenoxy) is 2. The molecule has 0 aliphatic carbocycles. The summed E-state index contributed by atoms with van der Waals surface area (Å²) in [6, 6.07) is 8.32. The minimum absolute atomic E-state index is 0.131. The van der Waals surface area contributed by atoms with Crippen LogP contribution in [-0.2, 0) is 14.3 Å².